The van der Waals surface area contributed by atoms with Crippen LogP contribution in [-0.2, 0) is 18.9 Å². The molecule has 0 aliphatic heterocycles. The van der Waals surface area contributed by atoms with E-state index in [0.29, 0.717) is 5.56 Å². The van der Waals surface area contributed by atoms with Crippen LogP contribution < -0.4 is 0 Å². The molecule has 0 aliphatic rings. The first-order valence-corrected chi connectivity index (χ1v) is 14.0. The van der Waals surface area contributed by atoms with Gasteiger partial charge >= 0.3 is 41.8 Å². The molecule has 0 saturated heterocycles. The van der Waals surface area contributed by atoms with Crippen LogP contribution in [0.3, 0.4) is 0 Å². The second-order valence-electron chi connectivity index (χ2n) is 9.32. The van der Waals surface area contributed by atoms with Crippen molar-refractivity contribution in [3.63, 3.8) is 0 Å². The number of methoxy groups -OCH3 is 2. The van der Waals surface area contributed by atoms with E-state index in [1.807, 2.05) is 6.07 Å². The fraction of sp³-hybridized carbons (Fsp3) is 0.226. The molecule has 266 valence electrons. The number of aromatic amines is 4. The number of carboxylic acid groups (broad SMARTS) is 3. The van der Waals surface area contributed by atoms with Gasteiger partial charge in [0, 0.05) is 49.6 Å². The average molecular weight is 700 g/mol. The largest absolute Gasteiger partial charge is 0.478 e. The zero-order valence-electron chi connectivity index (χ0n) is 27.2. The van der Waals surface area contributed by atoms with Gasteiger partial charge in [0.15, 0.2) is 0 Å². The molecule has 0 aromatic carbocycles. The molecule has 4 aromatic rings. The second kappa shape index (κ2) is 20.2. The van der Waals surface area contributed by atoms with Gasteiger partial charge in [0.1, 0.15) is 6.07 Å². The predicted molar refractivity (Wildman–Crippen MR) is 168 cm³/mol. The summed E-state index contributed by atoms with van der Waals surface area (Å²) in [6.45, 7) is 5.28. The van der Waals surface area contributed by atoms with E-state index >= 15 is 0 Å². The number of nitrogens with zero attached hydrogens (tertiary/aromatic N) is 1. The number of carbonyl (C=O) groups excluding carboxylic acids is 4. The molecule has 0 bridgehead atoms. The highest BCUT2D eigenvalue weighted by Gasteiger charge is 2.20. The molecule has 0 atom stereocenters. The third kappa shape index (κ3) is 11.9. The number of esters is 4. The fourth-order valence-corrected chi connectivity index (χ4v) is 3.46. The number of H-pyrrole nitrogens is 4. The van der Waals surface area contributed by atoms with Crippen molar-refractivity contribution in [2.24, 2.45) is 0 Å². The van der Waals surface area contributed by atoms with Gasteiger partial charge in [-0.3, -0.25) is 0 Å². The predicted octanol–water partition coefficient (Wildman–Crippen LogP) is 3.34. The summed E-state index contributed by atoms with van der Waals surface area (Å²) in [5.74, 6) is -5.86. The van der Waals surface area contributed by atoms with E-state index in [4.69, 9.17) is 25.3 Å². The number of nitrogens with one attached hydrogen (secondary N) is 4. The summed E-state index contributed by atoms with van der Waals surface area (Å²) in [4.78, 5) is 86.1. The number of hydrogen-bond acceptors (Lipinski definition) is 12. The van der Waals surface area contributed by atoms with Crippen LogP contribution in [0.5, 0.6) is 0 Å². The van der Waals surface area contributed by atoms with Gasteiger partial charge in [-0.2, -0.15) is 5.26 Å². The van der Waals surface area contributed by atoms with Crippen molar-refractivity contribution in [2.45, 2.75) is 26.9 Å². The van der Waals surface area contributed by atoms with E-state index in [9.17, 15) is 33.6 Å². The Bertz CT molecular complexity index is 1840. The molecule has 0 radical (unpaired) electrons. The number of aromatic carboxylic acids is 3. The van der Waals surface area contributed by atoms with E-state index < -0.39 is 41.8 Å². The Hall–Kier alpha value is -7.10. The molecule has 50 heavy (non-hydrogen) atoms. The van der Waals surface area contributed by atoms with Crippen LogP contribution in [0.2, 0.25) is 0 Å². The molecule has 0 saturated carbocycles. The minimum atomic E-state index is -1.16. The van der Waals surface area contributed by atoms with Crippen molar-refractivity contribution in [3.8, 4) is 6.07 Å². The van der Waals surface area contributed by atoms with Crippen LogP contribution in [0.25, 0.3) is 0 Å². The first kappa shape index (κ1) is 40.9. The summed E-state index contributed by atoms with van der Waals surface area (Å²) in [5.41, 5.74) is 0.480. The van der Waals surface area contributed by atoms with Crippen molar-refractivity contribution in [1.82, 2.24) is 19.9 Å². The number of ether oxygens (including phenoxy) is 4. The third-order valence-corrected chi connectivity index (χ3v) is 5.66. The van der Waals surface area contributed by atoms with Gasteiger partial charge < -0.3 is 54.2 Å². The monoisotopic (exact) mass is 699 g/mol. The number of rotatable bonds is 9. The quantitative estimate of drug-likeness (QED) is 0.0973. The van der Waals surface area contributed by atoms with Crippen LogP contribution in [-0.4, -0.2) is 104 Å². The van der Waals surface area contributed by atoms with Gasteiger partial charge in [0.2, 0.25) is 0 Å². The Morgan fingerprint density at radius 1 is 0.600 bits per heavy atom. The van der Waals surface area contributed by atoms with Crippen LogP contribution in [0.4, 0.5) is 0 Å². The Morgan fingerprint density at radius 2 is 0.940 bits per heavy atom. The maximum Gasteiger partial charge on any atom is 0.340 e. The smallest absolute Gasteiger partial charge is 0.340 e. The molecule has 4 heterocycles. The Morgan fingerprint density at radius 3 is 1.30 bits per heavy atom. The van der Waals surface area contributed by atoms with E-state index in [-0.39, 0.29) is 51.7 Å². The summed E-state index contributed by atoms with van der Waals surface area (Å²) in [7, 11) is 2.47. The molecule has 0 spiro atoms. The Labute approximate surface area is 282 Å². The lowest BCUT2D eigenvalue weighted by Gasteiger charge is -2.06. The minimum absolute atomic E-state index is 0.0324. The molecule has 7 N–H and O–H groups in total. The Kier molecular flexibility index (Phi) is 16.5. The van der Waals surface area contributed by atoms with E-state index in [1.165, 1.54) is 63.8 Å². The van der Waals surface area contributed by atoms with E-state index in [2.05, 4.69) is 34.1 Å². The summed E-state index contributed by atoms with van der Waals surface area (Å²) in [6.07, 6.45) is 10.3. The molecular formula is C31H33N5O14. The summed E-state index contributed by atoms with van der Waals surface area (Å²) in [6, 6.07) is 1.86. The molecule has 4 aromatic heterocycles. The van der Waals surface area contributed by atoms with Gasteiger partial charge in [0.25, 0.3) is 0 Å². The van der Waals surface area contributed by atoms with Crippen molar-refractivity contribution < 1.29 is 67.8 Å². The van der Waals surface area contributed by atoms with Crippen LogP contribution in [0, 0.1) is 11.3 Å². The molecule has 19 nitrogen and oxygen atoms in total. The number of hydrogen-bond donors (Lipinski definition) is 7. The highest BCUT2D eigenvalue weighted by Crippen LogP contribution is 2.12. The first-order valence-electron chi connectivity index (χ1n) is 14.0. The lowest BCUT2D eigenvalue weighted by atomic mass is 10.2. The molecule has 4 rings (SSSR count). The first-order chi connectivity index (χ1) is 23.6. The van der Waals surface area contributed by atoms with Gasteiger partial charge in [0.05, 0.1) is 71.4 Å². The topological polar surface area (TPSA) is 304 Å². The second-order valence-corrected chi connectivity index (χ2v) is 9.32. The maximum absolute atomic E-state index is 11.3. The summed E-state index contributed by atoms with van der Waals surface area (Å²) < 4.78 is 18.3. The molecule has 0 fully saturated rings. The third-order valence-electron chi connectivity index (χ3n) is 5.66. The lowest BCUT2D eigenvalue weighted by Crippen LogP contribution is -2.13. The van der Waals surface area contributed by atoms with Crippen molar-refractivity contribution in [2.75, 3.05) is 20.8 Å². The van der Waals surface area contributed by atoms with Crippen LogP contribution >= 0.6 is 0 Å². The normalized spacial score (nSPS) is 9.54. The number of carboxylic acids is 3. The Balaban J connectivity index is 0.000000335. The van der Waals surface area contributed by atoms with Crippen LogP contribution in [0.1, 0.15) is 98.8 Å². The van der Waals surface area contributed by atoms with Crippen molar-refractivity contribution in [3.05, 3.63) is 94.1 Å². The van der Waals surface area contributed by atoms with Gasteiger partial charge in [-0.1, -0.05) is 0 Å². The minimum Gasteiger partial charge on any atom is -0.478 e. The highest BCUT2D eigenvalue weighted by atomic mass is 16.5. The molecule has 0 unspecified atom stereocenters. The van der Waals surface area contributed by atoms with Gasteiger partial charge in [-0.15, -0.1) is 0 Å². The van der Waals surface area contributed by atoms with Crippen molar-refractivity contribution in [1.29, 1.82) is 5.26 Å². The highest BCUT2D eigenvalue weighted by molar-refractivity contribution is 6.03. The standard InChI is InChI=1S/C9H11NO4.C8H9NO4.C7H6N2O2.C7H7NO4/c1-5(2)14-9(13)7-4-10-3-6(7)8(11)12;1-2-13-8(12)6-4-9-3-5(6)7(10)11;1-11-7(10)6-4-9-3-5(6)2-8;1-12-7(11)5-3-8-2-4(5)6(9)10/h3-5,10H,1-2H3,(H,11,12);3-4,9H,2H2,1H3,(H,10,11);3-4,9H,1H3;2-3,8H,1H3,(H,9,10). The van der Waals surface area contributed by atoms with Gasteiger partial charge in [-0.05, 0) is 20.8 Å². The zero-order valence-corrected chi connectivity index (χ0v) is 27.2. The maximum atomic E-state index is 11.3. The number of nitriles is 1. The van der Waals surface area contributed by atoms with Gasteiger partial charge in [-0.25, -0.2) is 33.6 Å². The SMILES string of the molecule is CC(C)OC(=O)c1c[nH]cc1C(=O)O.CCOC(=O)c1c[nH]cc1C(=O)O.COC(=O)c1c[nH]cc1C#N.COC(=O)c1c[nH]cc1C(=O)O. The molecule has 19 heteroatoms. The summed E-state index contributed by atoms with van der Waals surface area (Å²) >= 11 is 0. The fourth-order valence-electron chi connectivity index (χ4n) is 3.46. The van der Waals surface area contributed by atoms with E-state index in [0.717, 1.165) is 0 Å². The number of carbonyl (C=O) groups is 7. The van der Waals surface area contributed by atoms with Crippen molar-refractivity contribution >= 4 is 41.8 Å². The molecule has 0 aliphatic carbocycles. The average Bonchev–Trinajstić information content (AvgIpc) is 3.90. The molecular weight excluding hydrogens is 666 g/mol. The lowest BCUT2D eigenvalue weighted by molar-refractivity contribution is 0.0370. The summed E-state index contributed by atoms with van der Waals surface area (Å²) in [5, 5.41) is 34.4. The van der Waals surface area contributed by atoms with E-state index in [1.54, 1.807) is 20.8 Å². The zero-order chi connectivity index (χ0) is 38.0. The van der Waals surface area contributed by atoms with Crippen LogP contribution in [0.15, 0.2) is 49.6 Å². The molecule has 0 amide bonds. The number of aromatic nitrogens is 4.